The Morgan fingerprint density at radius 1 is 1.10 bits per heavy atom. The van der Waals surface area contributed by atoms with Crippen molar-refractivity contribution < 1.29 is 33.5 Å². The van der Waals surface area contributed by atoms with Gasteiger partial charge in [-0.05, 0) is 87.9 Å². The van der Waals surface area contributed by atoms with Gasteiger partial charge in [-0.2, -0.15) is 0 Å². The van der Waals surface area contributed by atoms with Crippen molar-refractivity contribution in [3.05, 3.63) is 52.9 Å². The zero-order valence-electron chi connectivity index (χ0n) is 30.7. The molecule has 1 saturated carbocycles. The number of aromatic nitrogens is 2. The predicted molar refractivity (Wildman–Crippen MR) is 192 cm³/mol. The Kier molecular flexibility index (Phi) is 10.5. The van der Waals surface area contributed by atoms with Crippen LogP contribution in [-0.4, -0.2) is 86.4 Å². The van der Waals surface area contributed by atoms with Crippen LogP contribution in [0.25, 0.3) is 10.4 Å². The maximum atomic E-state index is 14.1. The minimum absolute atomic E-state index is 0.0268. The summed E-state index contributed by atoms with van der Waals surface area (Å²) in [6.07, 6.45) is 2.57. The van der Waals surface area contributed by atoms with Gasteiger partial charge < -0.3 is 34.2 Å². The number of aliphatic hydroxyl groups excluding tert-OH is 1. The van der Waals surface area contributed by atoms with Crippen molar-refractivity contribution in [1.82, 2.24) is 25.3 Å². The number of aryl methyl sites for hydroxylation is 1. The molecule has 2 N–H and O–H groups in total. The van der Waals surface area contributed by atoms with Gasteiger partial charge >= 0.3 is 6.09 Å². The van der Waals surface area contributed by atoms with Crippen molar-refractivity contribution in [2.45, 2.75) is 116 Å². The van der Waals surface area contributed by atoms with Gasteiger partial charge in [-0.25, -0.2) is 9.78 Å². The number of hydrogen-bond donors (Lipinski definition) is 2. The van der Waals surface area contributed by atoms with E-state index in [2.05, 4.69) is 15.5 Å². The fraction of sp³-hybridized carbons (Fsp3) is 0.605. The summed E-state index contributed by atoms with van der Waals surface area (Å²) in [6, 6.07) is 8.59. The van der Waals surface area contributed by atoms with Crippen molar-refractivity contribution in [3.8, 4) is 16.3 Å². The molecule has 12 nitrogen and oxygen atoms in total. The molecule has 0 bridgehead atoms. The van der Waals surface area contributed by atoms with Crippen molar-refractivity contribution in [3.63, 3.8) is 0 Å². The number of nitrogens with zero attached hydrogens (tertiary/aromatic N) is 4. The predicted octanol–water partition coefficient (Wildman–Crippen LogP) is 6.24. The summed E-state index contributed by atoms with van der Waals surface area (Å²) in [5.74, 6) is -0.775. The largest absolute Gasteiger partial charge is 0.472 e. The van der Waals surface area contributed by atoms with Crippen molar-refractivity contribution in [2.24, 2.45) is 11.3 Å². The molecule has 3 fully saturated rings. The van der Waals surface area contributed by atoms with Crippen LogP contribution in [0.1, 0.15) is 103 Å². The zero-order chi connectivity index (χ0) is 36.7. The topological polar surface area (TPSA) is 147 Å². The van der Waals surface area contributed by atoms with Crippen molar-refractivity contribution >= 4 is 29.2 Å². The molecule has 0 radical (unpaired) electrons. The number of likely N-dealkylation sites (tertiary alicyclic amines) is 2. The highest BCUT2D eigenvalue weighted by atomic mass is 32.1. The summed E-state index contributed by atoms with van der Waals surface area (Å²) in [5.41, 5.74) is 4.44. The number of piperidine rings is 1. The first-order valence-corrected chi connectivity index (χ1v) is 18.9. The summed E-state index contributed by atoms with van der Waals surface area (Å²) in [7, 11) is 0. The lowest BCUT2D eigenvalue weighted by Crippen LogP contribution is -2.52. The van der Waals surface area contributed by atoms with Gasteiger partial charge in [0.25, 0.3) is 5.88 Å². The van der Waals surface area contributed by atoms with E-state index in [9.17, 15) is 19.5 Å². The third-order valence-electron chi connectivity index (χ3n) is 10.5. The van der Waals surface area contributed by atoms with E-state index in [1.807, 2.05) is 78.2 Å². The van der Waals surface area contributed by atoms with Gasteiger partial charge in [-0.3, -0.25) is 9.59 Å². The first-order chi connectivity index (χ1) is 24.1. The summed E-state index contributed by atoms with van der Waals surface area (Å²) in [5, 5.41) is 17.8. The number of nitrogens with one attached hydrogen (secondary N) is 1. The normalized spacial score (nSPS) is 21.7. The molecule has 1 spiro atoms. The van der Waals surface area contributed by atoms with E-state index in [0.29, 0.717) is 24.7 Å². The molecule has 4 atom stereocenters. The van der Waals surface area contributed by atoms with E-state index < -0.39 is 23.7 Å². The number of aliphatic hydroxyl groups is 1. The highest BCUT2D eigenvalue weighted by molar-refractivity contribution is 7.13. The highest BCUT2D eigenvalue weighted by Crippen LogP contribution is 2.50. The molecule has 2 saturated heterocycles. The van der Waals surface area contributed by atoms with Crippen LogP contribution in [0.15, 0.2) is 40.4 Å². The van der Waals surface area contributed by atoms with Gasteiger partial charge in [0.1, 0.15) is 23.7 Å². The second-order valence-electron chi connectivity index (χ2n) is 15.9. The van der Waals surface area contributed by atoms with E-state index in [1.54, 1.807) is 22.3 Å². The number of benzene rings is 1. The third kappa shape index (κ3) is 8.25. The van der Waals surface area contributed by atoms with Gasteiger partial charge in [0.2, 0.25) is 11.8 Å². The molecule has 3 aliphatic rings. The summed E-state index contributed by atoms with van der Waals surface area (Å²) in [6.45, 7) is 14.8. The number of rotatable bonds is 9. The van der Waals surface area contributed by atoms with Crippen LogP contribution in [-0.2, 0) is 14.3 Å². The molecule has 1 aliphatic carbocycles. The van der Waals surface area contributed by atoms with E-state index in [-0.39, 0.29) is 54.4 Å². The Hall–Kier alpha value is -3.97. The van der Waals surface area contributed by atoms with Gasteiger partial charge in [-0.1, -0.05) is 38.1 Å². The van der Waals surface area contributed by atoms with Crippen molar-refractivity contribution in [2.75, 3.05) is 19.6 Å². The van der Waals surface area contributed by atoms with Crippen LogP contribution < -0.4 is 10.1 Å². The van der Waals surface area contributed by atoms with Gasteiger partial charge in [0.15, 0.2) is 5.76 Å². The molecule has 3 aromatic rings. The van der Waals surface area contributed by atoms with E-state index in [4.69, 9.17) is 14.0 Å². The molecule has 4 heterocycles. The van der Waals surface area contributed by atoms with E-state index in [0.717, 1.165) is 47.4 Å². The van der Waals surface area contributed by atoms with Crippen LogP contribution >= 0.6 is 11.3 Å². The maximum Gasteiger partial charge on any atom is 0.410 e. The molecule has 276 valence electrons. The number of carbonyl (C=O) groups is 3. The third-order valence-corrected chi connectivity index (χ3v) is 11.5. The molecule has 13 heteroatoms. The van der Waals surface area contributed by atoms with Crippen LogP contribution in [0.4, 0.5) is 4.79 Å². The van der Waals surface area contributed by atoms with Crippen LogP contribution in [0.5, 0.6) is 5.88 Å². The Morgan fingerprint density at radius 3 is 2.39 bits per heavy atom. The second-order valence-corrected chi connectivity index (χ2v) is 16.8. The summed E-state index contributed by atoms with van der Waals surface area (Å²) >= 11 is 1.59. The SMILES string of the molecule is Cc1ncsc1-c1ccc([C@H](C)NC(=O)[C@@H]2C[C@@H](O)CN2C(=O)[C@H](c2cc(OC3CC4(CCN(C(=O)OC(C)(C)C)CC4)C3)no2)C(C)C)cc1. The fourth-order valence-electron chi connectivity index (χ4n) is 7.65. The number of thiazole rings is 1. The molecule has 0 unspecified atom stereocenters. The average molecular weight is 722 g/mol. The fourth-order valence-corrected chi connectivity index (χ4v) is 8.46. The number of carbonyl (C=O) groups excluding carboxylic acids is 3. The molecule has 51 heavy (non-hydrogen) atoms. The summed E-state index contributed by atoms with van der Waals surface area (Å²) in [4.78, 5) is 48.9. The molecule has 2 aliphatic heterocycles. The number of hydrogen-bond acceptors (Lipinski definition) is 10. The van der Waals surface area contributed by atoms with Crippen LogP contribution in [0, 0.1) is 18.3 Å². The molecular weight excluding hydrogens is 671 g/mol. The number of ether oxygens (including phenoxy) is 2. The maximum absolute atomic E-state index is 14.1. The average Bonchev–Trinajstić information content (AvgIpc) is 3.80. The van der Waals surface area contributed by atoms with Gasteiger partial charge in [0, 0.05) is 32.1 Å². The van der Waals surface area contributed by atoms with Gasteiger partial charge in [0.05, 0.1) is 28.2 Å². The smallest absolute Gasteiger partial charge is 0.410 e. The zero-order valence-corrected chi connectivity index (χ0v) is 31.5. The summed E-state index contributed by atoms with van der Waals surface area (Å²) < 4.78 is 17.4. The minimum atomic E-state index is -0.818. The standard InChI is InChI=1S/C38H51N5O7S/c1-22(2)32(30-17-31(41-50-30)48-28-18-38(19-28)12-14-42(15-13-38)36(47)49-37(5,6)7)35(46)43-20-27(44)16-29(43)34(45)40-23(3)25-8-10-26(11-9-25)33-24(4)39-21-51-33/h8-11,17,21-23,27-29,32,44H,12-16,18-20H2,1-7H3,(H,40,45)/t23-,27+,29-,32-/m0/s1. The molecule has 6 rings (SSSR count). The Morgan fingerprint density at radius 2 is 1.78 bits per heavy atom. The first-order valence-electron chi connectivity index (χ1n) is 18.0. The first kappa shape index (κ1) is 36.8. The van der Waals surface area contributed by atoms with Crippen LogP contribution in [0.2, 0.25) is 0 Å². The number of amides is 3. The lowest BCUT2D eigenvalue weighted by molar-refractivity contribution is -0.141. The minimum Gasteiger partial charge on any atom is -0.472 e. The Bertz CT molecular complexity index is 1700. The molecular formula is C38H51N5O7S. The lowest BCUT2D eigenvalue weighted by atomic mass is 9.61. The number of β-amino-alcohol motifs (C(OH)–C–C–N with tert-alkyl or cyclic N) is 1. The monoisotopic (exact) mass is 721 g/mol. The van der Waals surface area contributed by atoms with Crippen LogP contribution in [0.3, 0.4) is 0 Å². The quantitative estimate of drug-likeness (QED) is 0.262. The second kappa shape index (κ2) is 14.6. The molecule has 1 aromatic carbocycles. The Labute approximate surface area is 303 Å². The highest BCUT2D eigenvalue weighted by Gasteiger charge is 2.49. The van der Waals surface area contributed by atoms with Crippen molar-refractivity contribution in [1.29, 1.82) is 0 Å². The molecule has 2 aromatic heterocycles. The Balaban J connectivity index is 1.04. The lowest BCUT2D eigenvalue weighted by Gasteiger charge is -2.51. The van der Waals surface area contributed by atoms with Gasteiger partial charge in [-0.15, -0.1) is 11.3 Å². The molecule has 3 amide bonds. The van der Waals surface area contributed by atoms with E-state index >= 15 is 0 Å². The van der Waals surface area contributed by atoms with E-state index in [1.165, 1.54) is 4.90 Å².